The van der Waals surface area contributed by atoms with E-state index in [1.165, 1.54) is 0 Å². The standard InChI is InChI=1S/C24H35NO/c1-17(23(2,3)4)14-18-15-20(16-21(22(18)26)24(5,6)7)25(8)19-12-10-9-11-13-19/h9-13,15-17,26H,14H2,1-8H3. The highest BCUT2D eigenvalue weighted by Crippen LogP contribution is 2.40. The number of benzene rings is 2. The molecule has 0 bridgehead atoms. The molecule has 2 aromatic rings. The maximum Gasteiger partial charge on any atom is 0.122 e. The average molecular weight is 354 g/mol. The molecular formula is C24H35NO. The third-order valence-electron chi connectivity index (χ3n) is 5.52. The molecule has 0 aliphatic rings. The fourth-order valence-corrected chi connectivity index (χ4v) is 3.04. The fraction of sp³-hybridized carbons (Fsp3) is 0.500. The van der Waals surface area contributed by atoms with Crippen molar-refractivity contribution >= 4 is 11.4 Å². The Labute approximate surface area is 159 Å². The minimum absolute atomic E-state index is 0.114. The molecule has 0 fully saturated rings. The van der Waals surface area contributed by atoms with E-state index in [-0.39, 0.29) is 10.8 Å². The Morgan fingerprint density at radius 2 is 1.50 bits per heavy atom. The number of nitrogens with zero attached hydrogens (tertiary/aromatic N) is 1. The summed E-state index contributed by atoms with van der Waals surface area (Å²) in [6.45, 7) is 15.5. The van der Waals surface area contributed by atoms with Gasteiger partial charge >= 0.3 is 0 Å². The molecule has 0 amide bonds. The molecule has 142 valence electrons. The van der Waals surface area contributed by atoms with Gasteiger partial charge in [-0.15, -0.1) is 0 Å². The van der Waals surface area contributed by atoms with Gasteiger partial charge in [-0.3, -0.25) is 0 Å². The van der Waals surface area contributed by atoms with Gasteiger partial charge in [0.05, 0.1) is 0 Å². The maximum atomic E-state index is 11.0. The number of hydrogen-bond acceptors (Lipinski definition) is 2. The molecule has 0 heterocycles. The molecule has 0 aromatic heterocycles. The Hall–Kier alpha value is -1.96. The first-order valence-corrected chi connectivity index (χ1v) is 9.56. The monoisotopic (exact) mass is 353 g/mol. The number of anilines is 2. The van der Waals surface area contributed by atoms with Gasteiger partial charge in [-0.05, 0) is 53.0 Å². The Balaban J connectivity index is 2.54. The van der Waals surface area contributed by atoms with Crippen molar-refractivity contribution in [2.24, 2.45) is 11.3 Å². The normalized spacial score (nSPS) is 13.5. The van der Waals surface area contributed by atoms with E-state index in [4.69, 9.17) is 0 Å². The average Bonchev–Trinajstić information content (AvgIpc) is 2.54. The van der Waals surface area contributed by atoms with Gasteiger partial charge < -0.3 is 10.0 Å². The van der Waals surface area contributed by atoms with Gasteiger partial charge in [0, 0.05) is 24.0 Å². The van der Waals surface area contributed by atoms with Crippen LogP contribution >= 0.6 is 0 Å². The van der Waals surface area contributed by atoms with E-state index >= 15 is 0 Å². The predicted octanol–water partition coefficient (Wildman–Crippen LogP) is 6.68. The molecule has 0 radical (unpaired) electrons. The molecule has 0 aliphatic heterocycles. The molecule has 2 heteroatoms. The smallest absolute Gasteiger partial charge is 0.122 e. The Morgan fingerprint density at radius 1 is 0.923 bits per heavy atom. The zero-order valence-corrected chi connectivity index (χ0v) is 17.7. The van der Waals surface area contributed by atoms with E-state index < -0.39 is 0 Å². The molecule has 1 atom stereocenters. The Morgan fingerprint density at radius 3 is 2.00 bits per heavy atom. The predicted molar refractivity (Wildman–Crippen MR) is 114 cm³/mol. The highest BCUT2D eigenvalue weighted by Gasteiger charge is 2.26. The summed E-state index contributed by atoms with van der Waals surface area (Å²) in [5.74, 6) is 0.928. The number of para-hydroxylation sites is 1. The van der Waals surface area contributed by atoms with Crippen LogP contribution in [0.5, 0.6) is 5.75 Å². The summed E-state index contributed by atoms with van der Waals surface area (Å²) in [7, 11) is 2.09. The van der Waals surface area contributed by atoms with Crippen molar-refractivity contribution in [2.75, 3.05) is 11.9 Å². The lowest BCUT2D eigenvalue weighted by molar-refractivity contribution is 0.258. The molecule has 2 nitrogen and oxygen atoms in total. The van der Waals surface area contributed by atoms with E-state index in [0.717, 1.165) is 28.9 Å². The van der Waals surface area contributed by atoms with E-state index in [1.54, 1.807) is 0 Å². The van der Waals surface area contributed by atoms with E-state index in [1.807, 2.05) is 6.07 Å². The van der Waals surface area contributed by atoms with Crippen LogP contribution in [0.2, 0.25) is 0 Å². The first-order chi connectivity index (χ1) is 11.9. The summed E-state index contributed by atoms with van der Waals surface area (Å²) in [5.41, 5.74) is 4.40. The molecule has 0 saturated heterocycles. The number of aromatic hydroxyl groups is 1. The van der Waals surface area contributed by atoms with Crippen LogP contribution in [0.4, 0.5) is 11.4 Å². The minimum Gasteiger partial charge on any atom is -0.507 e. The van der Waals surface area contributed by atoms with Gasteiger partial charge in [-0.1, -0.05) is 66.7 Å². The number of rotatable bonds is 4. The van der Waals surface area contributed by atoms with Gasteiger partial charge in [0.15, 0.2) is 0 Å². The summed E-state index contributed by atoms with van der Waals surface area (Å²) in [5, 5.41) is 11.0. The maximum absolute atomic E-state index is 11.0. The van der Waals surface area contributed by atoms with Gasteiger partial charge in [-0.25, -0.2) is 0 Å². The molecule has 2 rings (SSSR count). The zero-order chi connectivity index (χ0) is 19.7. The van der Waals surface area contributed by atoms with Crippen LogP contribution in [0, 0.1) is 11.3 Å². The van der Waals surface area contributed by atoms with E-state index in [2.05, 4.69) is 96.8 Å². The first-order valence-electron chi connectivity index (χ1n) is 9.56. The lowest BCUT2D eigenvalue weighted by atomic mass is 9.77. The van der Waals surface area contributed by atoms with Crippen LogP contribution in [0.25, 0.3) is 0 Å². The van der Waals surface area contributed by atoms with E-state index in [9.17, 15) is 5.11 Å². The Bertz CT molecular complexity index is 735. The van der Waals surface area contributed by atoms with Crippen LogP contribution in [-0.2, 0) is 11.8 Å². The largest absolute Gasteiger partial charge is 0.507 e. The van der Waals surface area contributed by atoms with Gasteiger partial charge in [0.25, 0.3) is 0 Å². The van der Waals surface area contributed by atoms with Gasteiger partial charge in [-0.2, -0.15) is 0 Å². The fourth-order valence-electron chi connectivity index (χ4n) is 3.04. The molecule has 2 aromatic carbocycles. The van der Waals surface area contributed by atoms with Crippen LogP contribution in [-0.4, -0.2) is 12.2 Å². The molecule has 0 aliphatic carbocycles. The molecule has 26 heavy (non-hydrogen) atoms. The van der Waals surface area contributed by atoms with Crippen molar-refractivity contribution in [3.05, 3.63) is 53.6 Å². The SMILES string of the molecule is CC(Cc1cc(N(C)c2ccccc2)cc(C(C)(C)C)c1O)C(C)(C)C. The van der Waals surface area contributed by atoms with Crippen LogP contribution in [0.15, 0.2) is 42.5 Å². The Kier molecular flexibility index (Phi) is 5.75. The number of hydrogen-bond donors (Lipinski definition) is 1. The van der Waals surface area contributed by atoms with Crippen molar-refractivity contribution in [3.63, 3.8) is 0 Å². The molecule has 0 saturated carbocycles. The van der Waals surface area contributed by atoms with Crippen LogP contribution in [0.1, 0.15) is 59.6 Å². The van der Waals surface area contributed by atoms with Crippen molar-refractivity contribution < 1.29 is 5.11 Å². The van der Waals surface area contributed by atoms with Gasteiger partial charge in [0.1, 0.15) is 5.75 Å². The minimum atomic E-state index is -0.114. The molecular weight excluding hydrogens is 318 g/mol. The van der Waals surface area contributed by atoms with Crippen molar-refractivity contribution in [3.8, 4) is 5.75 Å². The summed E-state index contributed by atoms with van der Waals surface area (Å²) in [6, 6.07) is 14.7. The zero-order valence-electron chi connectivity index (χ0n) is 17.7. The third-order valence-corrected chi connectivity index (χ3v) is 5.52. The molecule has 0 spiro atoms. The van der Waals surface area contributed by atoms with Crippen molar-refractivity contribution in [1.82, 2.24) is 0 Å². The molecule has 1 unspecified atom stereocenters. The second kappa shape index (κ2) is 7.34. The first kappa shape index (κ1) is 20.4. The third kappa shape index (κ3) is 4.60. The second-order valence-corrected chi connectivity index (χ2v) is 9.62. The van der Waals surface area contributed by atoms with Crippen molar-refractivity contribution in [2.45, 2.75) is 60.3 Å². The highest BCUT2D eigenvalue weighted by atomic mass is 16.3. The van der Waals surface area contributed by atoms with E-state index in [0.29, 0.717) is 11.7 Å². The quantitative estimate of drug-likeness (QED) is 0.662. The van der Waals surface area contributed by atoms with Crippen molar-refractivity contribution in [1.29, 1.82) is 0 Å². The van der Waals surface area contributed by atoms with Crippen LogP contribution < -0.4 is 4.90 Å². The highest BCUT2D eigenvalue weighted by molar-refractivity contribution is 5.66. The van der Waals surface area contributed by atoms with Crippen LogP contribution in [0.3, 0.4) is 0 Å². The topological polar surface area (TPSA) is 23.5 Å². The summed E-state index contributed by atoms with van der Waals surface area (Å²) in [6.07, 6.45) is 0.870. The summed E-state index contributed by atoms with van der Waals surface area (Å²) < 4.78 is 0. The second-order valence-electron chi connectivity index (χ2n) is 9.62. The lowest BCUT2D eigenvalue weighted by Gasteiger charge is -2.30. The number of phenols is 1. The summed E-state index contributed by atoms with van der Waals surface area (Å²) in [4.78, 5) is 2.19. The number of phenolic OH excluding ortho intramolecular Hbond substituents is 1. The lowest BCUT2D eigenvalue weighted by Crippen LogP contribution is -2.21. The summed E-state index contributed by atoms with van der Waals surface area (Å²) >= 11 is 0. The molecule has 1 N–H and O–H groups in total. The van der Waals surface area contributed by atoms with Gasteiger partial charge in [0.2, 0.25) is 0 Å².